The highest BCUT2D eigenvalue weighted by Gasteiger charge is 2.38. The zero-order chi connectivity index (χ0) is 21.5. The topological polar surface area (TPSA) is 82.7 Å². The molecule has 31 heavy (non-hydrogen) atoms. The van der Waals surface area contributed by atoms with Crippen molar-refractivity contribution in [3.05, 3.63) is 65.4 Å². The summed E-state index contributed by atoms with van der Waals surface area (Å²) in [6.45, 7) is 1.48. The highest BCUT2D eigenvalue weighted by Crippen LogP contribution is 2.31. The van der Waals surface area contributed by atoms with E-state index in [0.717, 1.165) is 27.8 Å². The van der Waals surface area contributed by atoms with Crippen LogP contribution in [0.25, 0.3) is 10.9 Å². The Bertz CT molecular complexity index is 1180. The van der Waals surface area contributed by atoms with Crippen molar-refractivity contribution in [2.24, 2.45) is 5.92 Å². The van der Waals surface area contributed by atoms with E-state index in [0.29, 0.717) is 31.6 Å². The Morgan fingerprint density at radius 3 is 2.71 bits per heavy atom. The molecule has 2 amide bonds. The Morgan fingerprint density at radius 2 is 1.94 bits per heavy atom. The number of amides is 2. The van der Waals surface area contributed by atoms with Gasteiger partial charge in [-0.25, -0.2) is 4.79 Å². The maximum atomic E-state index is 13.3. The number of hydrogen-bond donors (Lipinski definition) is 1. The molecule has 0 aliphatic carbocycles. The third kappa shape index (κ3) is 3.36. The second kappa shape index (κ2) is 7.58. The van der Waals surface area contributed by atoms with E-state index in [9.17, 15) is 14.4 Å². The molecule has 158 valence electrons. The van der Waals surface area contributed by atoms with E-state index in [1.54, 1.807) is 11.0 Å². The molecule has 0 radical (unpaired) electrons. The highest BCUT2D eigenvalue weighted by molar-refractivity contribution is 6.00. The summed E-state index contributed by atoms with van der Waals surface area (Å²) in [7, 11) is 1.36. The number of ether oxygens (including phenoxy) is 1. The van der Waals surface area contributed by atoms with Crippen LogP contribution in [-0.2, 0) is 27.3 Å². The monoisotopic (exact) mass is 417 g/mol. The van der Waals surface area contributed by atoms with Crippen LogP contribution in [0.3, 0.4) is 0 Å². The molecule has 1 aromatic heterocycles. The van der Waals surface area contributed by atoms with Crippen molar-refractivity contribution >= 4 is 34.4 Å². The lowest BCUT2D eigenvalue weighted by Gasteiger charge is -2.29. The molecular formula is C24H23N3O4. The van der Waals surface area contributed by atoms with Crippen molar-refractivity contribution in [2.45, 2.75) is 19.4 Å². The van der Waals surface area contributed by atoms with E-state index in [2.05, 4.69) is 4.98 Å². The van der Waals surface area contributed by atoms with Gasteiger partial charge >= 0.3 is 5.97 Å². The van der Waals surface area contributed by atoms with Gasteiger partial charge in [0.25, 0.3) is 0 Å². The molecule has 2 aromatic carbocycles. The Balaban J connectivity index is 1.37. The number of aromatic amines is 1. The van der Waals surface area contributed by atoms with Crippen molar-refractivity contribution in [1.82, 2.24) is 9.88 Å². The molecule has 0 bridgehead atoms. The minimum Gasteiger partial charge on any atom is -0.465 e. The zero-order valence-electron chi connectivity index (χ0n) is 17.3. The van der Waals surface area contributed by atoms with Gasteiger partial charge in [0.1, 0.15) is 0 Å². The number of rotatable bonds is 3. The summed E-state index contributed by atoms with van der Waals surface area (Å²) in [6, 6.07) is 14.9. The Labute approximate surface area is 179 Å². The van der Waals surface area contributed by atoms with Crippen LogP contribution in [0.4, 0.5) is 5.69 Å². The van der Waals surface area contributed by atoms with E-state index in [1.807, 2.05) is 47.4 Å². The summed E-state index contributed by atoms with van der Waals surface area (Å²) in [5.41, 5.74) is 4.38. The molecule has 7 nitrogen and oxygen atoms in total. The van der Waals surface area contributed by atoms with Gasteiger partial charge in [0, 0.05) is 60.3 Å². The smallest absolute Gasteiger partial charge is 0.337 e. The summed E-state index contributed by atoms with van der Waals surface area (Å²) >= 11 is 0. The lowest BCUT2D eigenvalue weighted by molar-refractivity contribution is -0.136. The molecule has 2 aliphatic heterocycles. The molecule has 1 N–H and O–H groups in total. The SMILES string of the molecule is COC(=O)c1ccc2[nH]c3c(c2c1)CN(C(=O)C1CC(=O)N(c2ccccc2)C1)CC3. The maximum absolute atomic E-state index is 13.3. The lowest BCUT2D eigenvalue weighted by atomic mass is 10.0. The summed E-state index contributed by atoms with van der Waals surface area (Å²) in [5, 5.41) is 0.934. The number of hydrogen-bond acceptors (Lipinski definition) is 4. The van der Waals surface area contributed by atoms with Gasteiger partial charge in [0.2, 0.25) is 11.8 Å². The molecule has 5 rings (SSSR count). The number of nitrogens with zero attached hydrogens (tertiary/aromatic N) is 2. The first-order chi connectivity index (χ1) is 15.0. The maximum Gasteiger partial charge on any atom is 0.337 e. The van der Waals surface area contributed by atoms with Gasteiger partial charge in [0.05, 0.1) is 18.6 Å². The predicted octanol–water partition coefficient (Wildman–Crippen LogP) is 2.89. The van der Waals surface area contributed by atoms with Gasteiger partial charge in [-0.1, -0.05) is 18.2 Å². The third-order valence-electron chi connectivity index (χ3n) is 6.25. The number of H-pyrrole nitrogens is 1. The molecule has 2 aliphatic rings. The number of anilines is 1. The standard InChI is InChI=1S/C24H23N3O4/c1-31-24(30)15-7-8-20-18(11-15)19-14-26(10-9-21(19)25-20)23(29)16-12-22(28)27(13-16)17-5-3-2-4-6-17/h2-8,11,16,25H,9-10,12-14H2,1H3. The van der Waals surface area contributed by atoms with Crippen molar-refractivity contribution in [1.29, 1.82) is 0 Å². The van der Waals surface area contributed by atoms with Gasteiger partial charge in [0.15, 0.2) is 0 Å². The van der Waals surface area contributed by atoms with E-state index in [4.69, 9.17) is 4.74 Å². The molecule has 0 saturated carbocycles. The quantitative estimate of drug-likeness (QED) is 0.665. The van der Waals surface area contributed by atoms with E-state index >= 15 is 0 Å². The number of fused-ring (bicyclic) bond motifs is 3. The molecule has 0 spiro atoms. The number of nitrogens with one attached hydrogen (secondary N) is 1. The Kier molecular flexibility index (Phi) is 4.73. The fraction of sp³-hybridized carbons (Fsp3) is 0.292. The Hall–Kier alpha value is -3.61. The van der Waals surface area contributed by atoms with Crippen LogP contribution in [0.5, 0.6) is 0 Å². The van der Waals surface area contributed by atoms with Crippen LogP contribution in [0.1, 0.15) is 28.0 Å². The fourth-order valence-corrected chi connectivity index (χ4v) is 4.64. The fourth-order valence-electron chi connectivity index (χ4n) is 4.64. The average Bonchev–Trinajstić information content (AvgIpc) is 3.38. The number of aromatic nitrogens is 1. The van der Waals surface area contributed by atoms with E-state index in [1.165, 1.54) is 7.11 Å². The minimum absolute atomic E-state index is 0.0101. The molecular weight excluding hydrogens is 394 g/mol. The van der Waals surface area contributed by atoms with Gasteiger partial charge in [-0.3, -0.25) is 9.59 Å². The van der Waals surface area contributed by atoms with Gasteiger partial charge in [-0.2, -0.15) is 0 Å². The minimum atomic E-state index is -0.383. The largest absolute Gasteiger partial charge is 0.465 e. The van der Waals surface area contributed by atoms with Crippen LogP contribution in [0.2, 0.25) is 0 Å². The molecule has 1 atom stereocenters. The van der Waals surface area contributed by atoms with E-state index in [-0.39, 0.29) is 30.1 Å². The summed E-state index contributed by atoms with van der Waals surface area (Å²) in [4.78, 5) is 44.7. The Morgan fingerprint density at radius 1 is 1.13 bits per heavy atom. The average molecular weight is 417 g/mol. The number of carbonyl (C=O) groups is 3. The first-order valence-electron chi connectivity index (χ1n) is 10.4. The number of carbonyl (C=O) groups excluding carboxylic acids is 3. The van der Waals surface area contributed by atoms with Crippen molar-refractivity contribution in [3.63, 3.8) is 0 Å². The van der Waals surface area contributed by atoms with Crippen LogP contribution >= 0.6 is 0 Å². The molecule has 7 heteroatoms. The second-order valence-electron chi connectivity index (χ2n) is 8.08. The van der Waals surface area contributed by atoms with Gasteiger partial charge in [-0.05, 0) is 30.3 Å². The number of benzene rings is 2. The first kappa shape index (κ1) is 19.4. The van der Waals surface area contributed by atoms with Gasteiger partial charge in [-0.15, -0.1) is 0 Å². The first-order valence-corrected chi connectivity index (χ1v) is 10.4. The summed E-state index contributed by atoms with van der Waals surface area (Å²) < 4.78 is 4.84. The second-order valence-corrected chi connectivity index (χ2v) is 8.08. The summed E-state index contributed by atoms with van der Waals surface area (Å²) in [6.07, 6.45) is 0.948. The normalized spacial score (nSPS) is 18.4. The van der Waals surface area contributed by atoms with Crippen molar-refractivity contribution in [3.8, 4) is 0 Å². The van der Waals surface area contributed by atoms with Crippen LogP contribution in [-0.4, -0.2) is 47.9 Å². The van der Waals surface area contributed by atoms with Crippen LogP contribution in [0, 0.1) is 5.92 Å². The number of esters is 1. The van der Waals surface area contributed by atoms with E-state index < -0.39 is 0 Å². The summed E-state index contributed by atoms with van der Waals surface area (Å²) in [5.74, 6) is -0.732. The van der Waals surface area contributed by atoms with Crippen molar-refractivity contribution < 1.29 is 19.1 Å². The number of methoxy groups -OCH3 is 1. The lowest BCUT2D eigenvalue weighted by Crippen LogP contribution is -2.40. The zero-order valence-corrected chi connectivity index (χ0v) is 17.3. The predicted molar refractivity (Wildman–Crippen MR) is 116 cm³/mol. The van der Waals surface area contributed by atoms with Crippen LogP contribution < -0.4 is 4.90 Å². The molecule has 3 aromatic rings. The van der Waals surface area contributed by atoms with Crippen LogP contribution in [0.15, 0.2) is 48.5 Å². The van der Waals surface area contributed by atoms with Gasteiger partial charge < -0.3 is 19.5 Å². The molecule has 1 fully saturated rings. The third-order valence-corrected chi connectivity index (χ3v) is 6.25. The highest BCUT2D eigenvalue weighted by atomic mass is 16.5. The number of para-hydroxylation sites is 1. The molecule has 3 heterocycles. The molecule has 1 unspecified atom stereocenters. The van der Waals surface area contributed by atoms with Crippen molar-refractivity contribution in [2.75, 3.05) is 25.1 Å². The molecule has 1 saturated heterocycles.